The fourth-order valence-corrected chi connectivity index (χ4v) is 4.20. The maximum Gasteiger partial charge on any atom is 0.266 e. The van der Waals surface area contributed by atoms with Crippen LogP contribution in [0.15, 0.2) is 76.7 Å². The highest BCUT2D eigenvalue weighted by atomic mass is 35.5. The van der Waals surface area contributed by atoms with Crippen LogP contribution in [0.5, 0.6) is 0 Å². The van der Waals surface area contributed by atoms with Gasteiger partial charge in [-0.2, -0.15) is 0 Å². The zero-order valence-electron chi connectivity index (χ0n) is 17.1. The van der Waals surface area contributed by atoms with Crippen molar-refractivity contribution in [1.29, 1.82) is 0 Å². The Kier molecular flexibility index (Phi) is 6.58. The van der Waals surface area contributed by atoms with Crippen LogP contribution in [0, 0.1) is 5.82 Å². The molecule has 0 unspecified atom stereocenters. The van der Waals surface area contributed by atoms with E-state index in [4.69, 9.17) is 11.6 Å². The first-order valence-corrected chi connectivity index (χ1v) is 11.3. The van der Waals surface area contributed by atoms with E-state index in [2.05, 4.69) is 17.2 Å². The highest BCUT2D eigenvalue weighted by molar-refractivity contribution is 7.99. The third-order valence-electron chi connectivity index (χ3n) is 4.89. The highest BCUT2D eigenvalue weighted by Gasteiger charge is 2.15. The average Bonchev–Trinajstić information content (AvgIpc) is 2.80. The molecule has 0 aliphatic heterocycles. The Labute approximate surface area is 193 Å². The molecule has 0 fully saturated rings. The first-order chi connectivity index (χ1) is 15.5. The van der Waals surface area contributed by atoms with Crippen molar-refractivity contribution in [2.75, 3.05) is 11.1 Å². The zero-order valence-corrected chi connectivity index (χ0v) is 18.7. The smallest absolute Gasteiger partial charge is 0.266 e. The van der Waals surface area contributed by atoms with Gasteiger partial charge < -0.3 is 5.32 Å². The average molecular weight is 468 g/mol. The molecule has 8 heteroatoms. The molecule has 0 saturated heterocycles. The van der Waals surface area contributed by atoms with Gasteiger partial charge in [-0.25, -0.2) is 9.37 Å². The summed E-state index contributed by atoms with van der Waals surface area (Å²) in [5, 5.41) is 3.64. The van der Waals surface area contributed by atoms with Gasteiger partial charge in [0.15, 0.2) is 5.16 Å². The number of hydrogen-bond donors (Lipinski definition) is 1. The molecule has 0 bridgehead atoms. The second kappa shape index (κ2) is 9.54. The third kappa shape index (κ3) is 4.69. The van der Waals surface area contributed by atoms with E-state index in [9.17, 15) is 14.0 Å². The van der Waals surface area contributed by atoms with Gasteiger partial charge in [0.1, 0.15) is 5.82 Å². The minimum atomic E-state index is -0.618. The first kappa shape index (κ1) is 22.0. The molecular weight excluding hydrogens is 449 g/mol. The van der Waals surface area contributed by atoms with E-state index in [0.29, 0.717) is 21.7 Å². The van der Waals surface area contributed by atoms with E-state index >= 15 is 0 Å². The number of amides is 1. The number of carbonyl (C=O) groups excluding carboxylic acids is 1. The second-order valence-corrected chi connectivity index (χ2v) is 8.41. The standard InChI is InChI=1S/C24H19ClFN3O2S/c1-2-15-7-10-17(11-8-15)29-23(31)18-5-3-4-6-20(18)28-24(29)32-14-22(30)27-21-12-9-16(25)13-19(21)26/h3-13H,2,14H2,1H3,(H,27,30). The van der Waals surface area contributed by atoms with Gasteiger partial charge in [-0.1, -0.05) is 54.6 Å². The number of thioether (sulfide) groups is 1. The number of rotatable bonds is 6. The molecular formula is C24H19ClFN3O2S. The number of hydrogen-bond acceptors (Lipinski definition) is 4. The Bertz CT molecular complexity index is 1360. The van der Waals surface area contributed by atoms with Crippen LogP contribution in [0.3, 0.4) is 0 Å². The predicted octanol–water partition coefficient (Wildman–Crippen LogP) is 5.47. The number of aryl methyl sites for hydroxylation is 1. The van der Waals surface area contributed by atoms with Gasteiger partial charge in [0, 0.05) is 5.02 Å². The Balaban J connectivity index is 1.66. The van der Waals surface area contributed by atoms with E-state index in [1.54, 1.807) is 24.3 Å². The Hall–Kier alpha value is -3.16. The van der Waals surface area contributed by atoms with Crippen molar-refractivity contribution < 1.29 is 9.18 Å². The van der Waals surface area contributed by atoms with Gasteiger partial charge >= 0.3 is 0 Å². The van der Waals surface area contributed by atoms with Crippen molar-refractivity contribution in [3.63, 3.8) is 0 Å². The zero-order chi connectivity index (χ0) is 22.7. The molecule has 1 heterocycles. The lowest BCUT2D eigenvalue weighted by Gasteiger charge is -2.14. The van der Waals surface area contributed by atoms with E-state index in [0.717, 1.165) is 29.8 Å². The van der Waals surface area contributed by atoms with Crippen LogP contribution in [-0.2, 0) is 11.2 Å². The molecule has 162 valence electrons. The highest BCUT2D eigenvalue weighted by Crippen LogP contribution is 2.23. The number of benzene rings is 3. The van der Waals surface area contributed by atoms with Gasteiger partial charge in [0.25, 0.3) is 5.56 Å². The van der Waals surface area contributed by atoms with Crippen LogP contribution in [-0.4, -0.2) is 21.2 Å². The van der Waals surface area contributed by atoms with Gasteiger partial charge in [-0.05, 0) is 54.4 Å². The molecule has 1 aromatic heterocycles. The molecule has 0 radical (unpaired) electrons. The SMILES string of the molecule is CCc1ccc(-n2c(SCC(=O)Nc3ccc(Cl)cc3F)nc3ccccc3c2=O)cc1. The summed E-state index contributed by atoms with van der Waals surface area (Å²) >= 11 is 6.86. The number of fused-ring (bicyclic) bond motifs is 1. The van der Waals surface area contributed by atoms with Crippen molar-refractivity contribution in [3.8, 4) is 5.69 Å². The van der Waals surface area contributed by atoms with Crippen LogP contribution in [0.1, 0.15) is 12.5 Å². The van der Waals surface area contributed by atoms with Crippen LogP contribution in [0.25, 0.3) is 16.6 Å². The Morgan fingerprint density at radius 2 is 1.88 bits per heavy atom. The molecule has 1 N–H and O–H groups in total. The molecule has 0 atom stereocenters. The minimum Gasteiger partial charge on any atom is -0.323 e. The fourth-order valence-electron chi connectivity index (χ4n) is 3.22. The van der Waals surface area contributed by atoms with Crippen molar-refractivity contribution in [3.05, 3.63) is 93.5 Å². The number of aromatic nitrogens is 2. The van der Waals surface area contributed by atoms with Crippen LogP contribution in [0.4, 0.5) is 10.1 Å². The van der Waals surface area contributed by atoms with Crippen molar-refractivity contribution in [2.45, 2.75) is 18.5 Å². The number of para-hydroxylation sites is 1. The predicted molar refractivity (Wildman–Crippen MR) is 127 cm³/mol. The van der Waals surface area contributed by atoms with E-state index in [-0.39, 0.29) is 22.0 Å². The third-order valence-corrected chi connectivity index (χ3v) is 6.06. The number of nitrogens with one attached hydrogen (secondary N) is 1. The molecule has 5 nitrogen and oxygen atoms in total. The van der Waals surface area contributed by atoms with E-state index < -0.39 is 11.7 Å². The normalized spacial score (nSPS) is 11.0. The van der Waals surface area contributed by atoms with Crippen molar-refractivity contribution in [1.82, 2.24) is 9.55 Å². The lowest BCUT2D eigenvalue weighted by Crippen LogP contribution is -2.23. The molecule has 0 aliphatic carbocycles. The quantitative estimate of drug-likeness (QED) is 0.301. The topological polar surface area (TPSA) is 64.0 Å². The molecule has 32 heavy (non-hydrogen) atoms. The van der Waals surface area contributed by atoms with E-state index in [1.807, 2.05) is 24.3 Å². The molecule has 0 aliphatic rings. The summed E-state index contributed by atoms with van der Waals surface area (Å²) in [6.45, 7) is 2.06. The Morgan fingerprint density at radius 3 is 2.59 bits per heavy atom. The summed E-state index contributed by atoms with van der Waals surface area (Å²) in [5.74, 6) is -1.10. The number of anilines is 1. The summed E-state index contributed by atoms with van der Waals surface area (Å²) < 4.78 is 15.5. The molecule has 4 rings (SSSR count). The lowest BCUT2D eigenvalue weighted by atomic mass is 10.1. The maximum atomic E-state index is 14.0. The van der Waals surface area contributed by atoms with Crippen molar-refractivity contribution in [2.24, 2.45) is 0 Å². The summed E-state index contributed by atoms with van der Waals surface area (Å²) in [6, 6.07) is 18.8. The van der Waals surface area contributed by atoms with Gasteiger partial charge in [-0.3, -0.25) is 14.2 Å². The van der Waals surface area contributed by atoms with Crippen LogP contribution in [0.2, 0.25) is 5.02 Å². The molecule has 0 spiro atoms. The van der Waals surface area contributed by atoms with Crippen LogP contribution < -0.4 is 10.9 Å². The largest absolute Gasteiger partial charge is 0.323 e. The molecule has 1 amide bonds. The van der Waals surface area contributed by atoms with Gasteiger partial charge in [0.2, 0.25) is 5.91 Å². The monoisotopic (exact) mass is 467 g/mol. The van der Waals surface area contributed by atoms with Gasteiger partial charge in [0.05, 0.1) is 28.0 Å². The second-order valence-electron chi connectivity index (χ2n) is 7.03. The van der Waals surface area contributed by atoms with Gasteiger partial charge in [-0.15, -0.1) is 0 Å². The number of halogens is 2. The summed E-state index contributed by atoms with van der Waals surface area (Å²) in [7, 11) is 0. The maximum absolute atomic E-state index is 14.0. The van der Waals surface area contributed by atoms with Crippen molar-refractivity contribution >= 4 is 45.9 Å². The number of nitrogens with zero attached hydrogens (tertiary/aromatic N) is 2. The minimum absolute atomic E-state index is 0.0408. The Morgan fingerprint density at radius 1 is 1.12 bits per heavy atom. The van der Waals surface area contributed by atoms with E-state index in [1.165, 1.54) is 16.7 Å². The van der Waals surface area contributed by atoms with Crippen LogP contribution >= 0.6 is 23.4 Å². The summed E-state index contributed by atoms with van der Waals surface area (Å²) in [5.41, 5.74) is 2.18. The first-order valence-electron chi connectivity index (χ1n) is 9.95. The molecule has 4 aromatic rings. The number of carbonyl (C=O) groups is 1. The molecule has 3 aromatic carbocycles. The molecule has 0 saturated carbocycles. The fraction of sp³-hybridized carbons (Fsp3) is 0.125. The lowest BCUT2D eigenvalue weighted by molar-refractivity contribution is -0.113. The summed E-state index contributed by atoms with van der Waals surface area (Å²) in [6.07, 6.45) is 0.883. The summed E-state index contributed by atoms with van der Waals surface area (Å²) in [4.78, 5) is 30.3.